The second-order valence-electron chi connectivity index (χ2n) is 6.37. The fourth-order valence-corrected chi connectivity index (χ4v) is 3.16. The molecule has 1 fully saturated rings. The highest BCUT2D eigenvalue weighted by Crippen LogP contribution is 2.19. The van der Waals surface area contributed by atoms with Gasteiger partial charge >= 0.3 is 0 Å². The highest BCUT2D eigenvalue weighted by Gasteiger charge is 2.23. The van der Waals surface area contributed by atoms with Crippen LogP contribution in [0.15, 0.2) is 54.6 Å². The Morgan fingerprint density at radius 2 is 1.80 bits per heavy atom. The Morgan fingerprint density at radius 1 is 1.08 bits per heavy atom. The maximum Gasteiger partial charge on any atom is 0.118 e. The summed E-state index contributed by atoms with van der Waals surface area (Å²) in [7, 11) is 1.69. The highest BCUT2D eigenvalue weighted by atomic mass is 35.5. The third-order valence-electron chi connectivity index (χ3n) is 4.32. The largest absolute Gasteiger partial charge is 0.497 e. The van der Waals surface area contributed by atoms with Crippen LogP contribution in [0.4, 0.5) is 0 Å². The SMILES string of the molecule is COc1ccc(CN2C[C@@H](N)C[C@@H](C#Cc3ccccc3)C2)cc1.Cl. The van der Waals surface area contributed by atoms with E-state index in [4.69, 9.17) is 10.5 Å². The lowest BCUT2D eigenvalue weighted by Gasteiger charge is -2.34. The number of nitrogens with zero attached hydrogens (tertiary/aromatic N) is 1. The van der Waals surface area contributed by atoms with Crippen LogP contribution in [0.25, 0.3) is 0 Å². The van der Waals surface area contributed by atoms with Gasteiger partial charge in [-0.25, -0.2) is 0 Å². The van der Waals surface area contributed by atoms with E-state index < -0.39 is 0 Å². The van der Waals surface area contributed by atoms with E-state index in [1.54, 1.807) is 7.11 Å². The molecule has 3 nitrogen and oxygen atoms in total. The lowest BCUT2D eigenvalue weighted by atomic mass is 9.94. The minimum atomic E-state index is 0. The average Bonchev–Trinajstić information content (AvgIpc) is 2.61. The van der Waals surface area contributed by atoms with Crippen molar-refractivity contribution in [3.8, 4) is 17.6 Å². The van der Waals surface area contributed by atoms with Gasteiger partial charge in [-0.1, -0.05) is 42.2 Å². The molecule has 0 aromatic heterocycles. The van der Waals surface area contributed by atoms with E-state index in [9.17, 15) is 0 Å². The van der Waals surface area contributed by atoms with Crippen molar-refractivity contribution in [2.24, 2.45) is 11.7 Å². The van der Waals surface area contributed by atoms with Crippen molar-refractivity contribution in [2.45, 2.75) is 19.0 Å². The Labute approximate surface area is 156 Å². The van der Waals surface area contributed by atoms with Crippen molar-refractivity contribution in [2.75, 3.05) is 20.2 Å². The van der Waals surface area contributed by atoms with E-state index in [-0.39, 0.29) is 18.4 Å². The molecule has 132 valence electrons. The molecule has 2 atom stereocenters. The second-order valence-corrected chi connectivity index (χ2v) is 6.37. The molecule has 0 radical (unpaired) electrons. The molecule has 1 aliphatic rings. The van der Waals surface area contributed by atoms with Crippen molar-refractivity contribution >= 4 is 12.4 Å². The highest BCUT2D eigenvalue weighted by molar-refractivity contribution is 5.85. The number of ether oxygens (including phenoxy) is 1. The first-order chi connectivity index (χ1) is 11.7. The molecule has 0 aliphatic carbocycles. The molecule has 2 aromatic carbocycles. The van der Waals surface area contributed by atoms with Gasteiger partial charge in [-0.15, -0.1) is 12.4 Å². The summed E-state index contributed by atoms with van der Waals surface area (Å²) in [5.74, 6) is 7.91. The topological polar surface area (TPSA) is 38.5 Å². The predicted molar refractivity (Wildman–Crippen MR) is 105 cm³/mol. The van der Waals surface area contributed by atoms with Crippen LogP contribution in [0.2, 0.25) is 0 Å². The van der Waals surface area contributed by atoms with Gasteiger partial charge in [0.05, 0.1) is 7.11 Å². The maximum atomic E-state index is 6.25. The summed E-state index contributed by atoms with van der Waals surface area (Å²) in [5, 5.41) is 0. The first kappa shape index (κ1) is 19.3. The van der Waals surface area contributed by atoms with Crippen LogP contribution in [0.1, 0.15) is 17.5 Å². The molecule has 3 rings (SSSR count). The van der Waals surface area contributed by atoms with Crippen LogP contribution >= 0.6 is 12.4 Å². The number of hydrogen-bond donors (Lipinski definition) is 1. The van der Waals surface area contributed by atoms with E-state index in [2.05, 4.69) is 28.9 Å². The quantitative estimate of drug-likeness (QED) is 0.857. The third-order valence-corrected chi connectivity index (χ3v) is 4.32. The van der Waals surface area contributed by atoms with E-state index in [0.717, 1.165) is 37.4 Å². The first-order valence-electron chi connectivity index (χ1n) is 8.40. The van der Waals surface area contributed by atoms with Crippen LogP contribution in [0.5, 0.6) is 5.75 Å². The Bertz CT molecular complexity index is 706. The molecule has 0 bridgehead atoms. The summed E-state index contributed by atoms with van der Waals surface area (Å²) in [6, 6.07) is 18.6. The van der Waals surface area contributed by atoms with E-state index in [1.165, 1.54) is 5.56 Å². The monoisotopic (exact) mass is 356 g/mol. The Kier molecular flexibility index (Phi) is 7.33. The fourth-order valence-electron chi connectivity index (χ4n) is 3.16. The Balaban J connectivity index is 0.00000225. The molecule has 0 amide bonds. The van der Waals surface area contributed by atoms with E-state index >= 15 is 0 Å². The fraction of sp³-hybridized carbons (Fsp3) is 0.333. The summed E-state index contributed by atoms with van der Waals surface area (Å²) in [4.78, 5) is 2.40. The molecule has 1 saturated heterocycles. The molecule has 0 saturated carbocycles. The molecule has 1 heterocycles. The van der Waals surface area contributed by atoms with Gasteiger partial charge in [-0.3, -0.25) is 4.90 Å². The number of hydrogen-bond acceptors (Lipinski definition) is 3. The van der Waals surface area contributed by atoms with Crippen LogP contribution in [0, 0.1) is 17.8 Å². The standard InChI is InChI=1S/C21H24N2O.ClH/c1-24-21-11-9-18(10-12-21)14-23-15-19(13-20(22)16-23)8-7-17-5-3-2-4-6-17;/h2-6,9-12,19-20H,13-16,22H2,1H3;1H/t19-,20+;/m1./s1. The molecule has 0 spiro atoms. The lowest BCUT2D eigenvalue weighted by molar-refractivity contribution is 0.174. The molecule has 25 heavy (non-hydrogen) atoms. The molecular weight excluding hydrogens is 332 g/mol. The van der Waals surface area contributed by atoms with Gasteiger partial charge in [0.15, 0.2) is 0 Å². The van der Waals surface area contributed by atoms with Gasteiger partial charge in [-0.05, 0) is 36.2 Å². The molecule has 2 aromatic rings. The van der Waals surface area contributed by atoms with E-state index in [1.807, 2.05) is 42.5 Å². The normalized spacial score (nSPS) is 20.1. The zero-order chi connectivity index (χ0) is 16.8. The summed E-state index contributed by atoms with van der Waals surface area (Å²) in [5.41, 5.74) is 8.60. The summed E-state index contributed by atoms with van der Waals surface area (Å²) in [6.45, 7) is 2.80. The van der Waals surface area contributed by atoms with Crippen LogP contribution < -0.4 is 10.5 Å². The van der Waals surface area contributed by atoms with Crippen LogP contribution in [-0.4, -0.2) is 31.1 Å². The van der Waals surface area contributed by atoms with Crippen molar-refractivity contribution in [3.63, 3.8) is 0 Å². The predicted octanol–water partition coefficient (Wildman–Crippen LogP) is 3.32. The number of likely N-dealkylation sites (tertiary alicyclic amines) is 1. The van der Waals surface area contributed by atoms with Gasteiger partial charge in [-0.2, -0.15) is 0 Å². The summed E-state index contributed by atoms with van der Waals surface area (Å²) in [6.07, 6.45) is 0.971. The van der Waals surface area contributed by atoms with Crippen LogP contribution in [-0.2, 0) is 6.54 Å². The smallest absolute Gasteiger partial charge is 0.118 e. The Morgan fingerprint density at radius 3 is 2.48 bits per heavy atom. The van der Waals surface area contributed by atoms with Gasteiger partial charge < -0.3 is 10.5 Å². The van der Waals surface area contributed by atoms with Gasteiger partial charge in [0, 0.05) is 37.2 Å². The average molecular weight is 357 g/mol. The molecule has 0 unspecified atom stereocenters. The minimum absolute atomic E-state index is 0. The van der Waals surface area contributed by atoms with Crippen molar-refractivity contribution in [1.29, 1.82) is 0 Å². The molecular formula is C21H25ClN2O. The molecule has 4 heteroatoms. The maximum absolute atomic E-state index is 6.25. The number of methoxy groups -OCH3 is 1. The van der Waals surface area contributed by atoms with Crippen molar-refractivity contribution < 1.29 is 4.74 Å². The number of rotatable bonds is 3. The zero-order valence-corrected chi connectivity index (χ0v) is 15.3. The van der Waals surface area contributed by atoms with Gasteiger partial charge in [0.1, 0.15) is 5.75 Å². The Hall–Kier alpha value is -1.99. The van der Waals surface area contributed by atoms with Gasteiger partial charge in [0.2, 0.25) is 0 Å². The number of nitrogens with two attached hydrogens (primary N) is 1. The second kappa shape index (κ2) is 9.48. The number of piperidine rings is 1. The first-order valence-corrected chi connectivity index (χ1v) is 8.40. The molecule has 1 aliphatic heterocycles. The lowest BCUT2D eigenvalue weighted by Crippen LogP contribution is -2.46. The third kappa shape index (κ3) is 5.79. The van der Waals surface area contributed by atoms with Crippen LogP contribution in [0.3, 0.4) is 0 Å². The van der Waals surface area contributed by atoms with Crippen molar-refractivity contribution in [3.05, 3.63) is 65.7 Å². The van der Waals surface area contributed by atoms with Crippen molar-refractivity contribution in [1.82, 2.24) is 4.90 Å². The zero-order valence-electron chi connectivity index (χ0n) is 14.5. The van der Waals surface area contributed by atoms with Gasteiger partial charge in [0.25, 0.3) is 0 Å². The summed E-state index contributed by atoms with van der Waals surface area (Å²) >= 11 is 0. The summed E-state index contributed by atoms with van der Waals surface area (Å²) < 4.78 is 5.22. The minimum Gasteiger partial charge on any atom is -0.497 e. The number of halogens is 1. The molecule has 2 N–H and O–H groups in total. The van der Waals surface area contributed by atoms with E-state index in [0.29, 0.717) is 5.92 Å². The number of benzene rings is 2.